The maximum atomic E-state index is 12.6. The zero-order chi connectivity index (χ0) is 12.6. The van der Waals surface area contributed by atoms with Gasteiger partial charge >= 0.3 is 0 Å². The lowest BCUT2D eigenvalue weighted by molar-refractivity contribution is 0.146. The van der Waals surface area contributed by atoms with Crippen molar-refractivity contribution in [1.82, 2.24) is 4.98 Å². The van der Waals surface area contributed by atoms with Crippen LogP contribution < -0.4 is 11.3 Å². The van der Waals surface area contributed by atoms with Crippen LogP contribution in [0.25, 0.3) is 10.9 Å². The molecule has 1 aromatic carbocycles. The average Bonchev–Trinajstić information content (AvgIpc) is 2.29. The van der Waals surface area contributed by atoms with Crippen LogP contribution in [-0.4, -0.2) is 4.98 Å². The number of alkyl halides is 2. The molecule has 6 heteroatoms. The molecule has 1 aromatic heterocycles. The average molecular weight is 258 g/mol. The minimum Gasteiger partial charge on any atom is -0.323 e. The zero-order valence-corrected chi connectivity index (χ0v) is 9.72. The van der Waals surface area contributed by atoms with Crippen molar-refractivity contribution in [3.05, 3.63) is 34.5 Å². The van der Waals surface area contributed by atoms with Gasteiger partial charge in [-0.15, -0.1) is 0 Å². The summed E-state index contributed by atoms with van der Waals surface area (Å²) < 4.78 is 25.3. The summed E-state index contributed by atoms with van der Waals surface area (Å²) in [5.74, 6) is 5.32. The van der Waals surface area contributed by atoms with Gasteiger partial charge in [0.1, 0.15) is 5.69 Å². The number of nitrogens with zero attached hydrogens (tertiary/aromatic N) is 1. The fraction of sp³-hybridized carbons (Fsp3) is 0.182. The standard InChI is InChI=1S/C11H10ClF2N3/c1-5-2-6-8(3-7(5)12)16-10(11(13)14)4-9(6)17-15/h2-4,11H,15H2,1H3,(H,16,17). The fourth-order valence-corrected chi connectivity index (χ4v) is 1.77. The van der Waals surface area contributed by atoms with Crippen LogP contribution in [0.4, 0.5) is 14.5 Å². The van der Waals surface area contributed by atoms with Crippen molar-refractivity contribution in [2.45, 2.75) is 13.3 Å². The van der Waals surface area contributed by atoms with Crippen LogP contribution in [0, 0.1) is 6.92 Å². The number of halogens is 3. The number of rotatable bonds is 2. The van der Waals surface area contributed by atoms with E-state index in [0.717, 1.165) is 5.56 Å². The molecule has 0 aliphatic rings. The van der Waals surface area contributed by atoms with E-state index in [4.69, 9.17) is 17.4 Å². The van der Waals surface area contributed by atoms with Gasteiger partial charge in [-0.1, -0.05) is 11.6 Å². The Labute approximate surface area is 102 Å². The first-order valence-corrected chi connectivity index (χ1v) is 5.26. The van der Waals surface area contributed by atoms with E-state index in [-0.39, 0.29) is 5.69 Å². The SMILES string of the molecule is Cc1cc2c(NN)cc(C(F)F)nc2cc1Cl. The summed E-state index contributed by atoms with van der Waals surface area (Å²) in [6, 6.07) is 4.55. The molecule has 0 aliphatic carbocycles. The molecule has 0 radical (unpaired) electrons. The Morgan fingerprint density at radius 1 is 1.35 bits per heavy atom. The Hall–Kier alpha value is -1.46. The summed E-state index contributed by atoms with van der Waals surface area (Å²) in [7, 11) is 0. The fourth-order valence-electron chi connectivity index (χ4n) is 1.61. The molecule has 3 N–H and O–H groups in total. The largest absolute Gasteiger partial charge is 0.323 e. The van der Waals surface area contributed by atoms with Crippen LogP contribution in [0.2, 0.25) is 5.02 Å². The molecular weight excluding hydrogens is 248 g/mol. The second kappa shape index (κ2) is 4.43. The number of anilines is 1. The summed E-state index contributed by atoms with van der Waals surface area (Å²) in [5, 5.41) is 1.15. The third-order valence-corrected chi connectivity index (χ3v) is 2.90. The van der Waals surface area contributed by atoms with Crippen molar-refractivity contribution < 1.29 is 8.78 Å². The number of hydrogen-bond donors (Lipinski definition) is 2. The molecule has 90 valence electrons. The van der Waals surface area contributed by atoms with Crippen LogP contribution >= 0.6 is 11.6 Å². The molecule has 0 saturated heterocycles. The van der Waals surface area contributed by atoms with Crippen molar-refractivity contribution in [1.29, 1.82) is 0 Å². The van der Waals surface area contributed by atoms with Crippen molar-refractivity contribution in [3.8, 4) is 0 Å². The Bertz CT molecular complexity index is 572. The Morgan fingerprint density at radius 2 is 2.06 bits per heavy atom. The number of nitrogen functional groups attached to an aromatic ring is 1. The van der Waals surface area contributed by atoms with E-state index in [1.807, 2.05) is 6.92 Å². The summed E-state index contributed by atoms with van der Waals surface area (Å²) in [6.45, 7) is 1.82. The second-order valence-corrected chi connectivity index (χ2v) is 4.07. The van der Waals surface area contributed by atoms with Crippen LogP contribution in [0.5, 0.6) is 0 Å². The van der Waals surface area contributed by atoms with Crippen molar-refractivity contribution in [2.24, 2.45) is 5.84 Å². The highest BCUT2D eigenvalue weighted by Gasteiger charge is 2.13. The highest BCUT2D eigenvalue weighted by molar-refractivity contribution is 6.32. The van der Waals surface area contributed by atoms with Gasteiger partial charge in [0.05, 0.1) is 11.2 Å². The minimum absolute atomic E-state index is 0.328. The lowest BCUT2D eigenvalue weighted by Crippen LogP contribution is -2.08. The molecule has 0 amide bonds. The number of nitrogens with two attached hydrogens (primary N) is 1. The third kappa shape index (κ3) is 2.16. The van der Waals surface area contributed by atoms with Gasteiger partial charge in [-0.25, -0.2) is 13.8 Å². The second-order valence-electron chi connectivity index (χ2n) is 3.66. The van der Waals surface area contributed by atoms with Crippen molar-refractivity contribution in [3.63, 3.8) is 0 Å². The summed E-state index contributed by atoms with van der Waals surface area (Å²) in [6.07, 6.45) is -2.65. The van der Waals surface area contributed by atoms with Gasteiger partial charge in [0, 0.05) is 10.4 Å². The topological polar surface area (TPSA) is 50.9 Å². The molecule has 0 bridgehead atoms. The number of pyridine rings is 1. The summed E-state index contributed by atoms with van der Waals surface area (Å²) in [4.78, 5) is 3.86. The first kappa shape index (κ1) is 12.0. The molecule has 0 fully saturated rings. The highest BCUT2D eigenvalue weighted by atomic mass is 35.5. The molecule has 3 nitrogen and oxygen atoms in total. The van der Waals surface area contributed by atoms with Gasteiger partial charge in [0.2, 0.25) is 0 Å². The molecule has 2 rings (SSSR count). The quantitative estimate of drug-likeness (QED) is 0.640. The molecule has 0 aliphatic heterocycles. The van der Waals surface area contributed by atoms with Crippen LogP contribution in [0.15, 0.2) is 18.2 Å². The zero-order valence-electron chi connectivity index (χ0n) is 8.97. The normalized spacial score (nSPS) is 11.2. The van der Waals surface area contributed by atoms with Gasteiger partial charge in [-0.2, -0.15) is 0 Å². The van der Waals surface area contributed by atoms with Crippen LogP contribution in [-0.2, 0) is 0 Å². The molecule has 1 heterocycles. The Balaban J connectivity index is 2.78. The van der Waals surface area contributed by atoms with E-state index >= 15 is 0 Å². The number of nitrogens with one attached hydrogen (secondary N) is 1. The molecule has 0 saturated carbocycles. The molecular formula is C11H10ClF2N3. The Morgan fingerprint density at radius 3 is 2.65 bits per heavy atom. The van der Waals surface area contributed by atoms with E-state index in [9.17, 15) is 8.78 Å². The first-order valence-electron chi connectivity index (χ1n) is 4.88. The monoisotopic (exact) mass is 257 g/mol. The van der Waals surface area contributed by atoms with Gasteiger partial charge in [0.15, 0.2) is 0 Å². The van der Waals surface area contributed by atoms with E-state index in [1.54, 1.807) is 12.1 Å². The number of benzene rings is 1. The van der Waals surface area contributed by atoms with Gasteiger partial charge in [0.25, 0.3) is 6.43 Å². The maximum absolute atomic E-state index is 12.6. The smallest absolute Gasteiger partial charge is 0.280 e. The summed E-state index contributed by atoms with van der Waals surface area (Å²) >= 11 is 5.94. The van der Waals surface area contributed by atoms with Gasteiger partial charge in [-0.05, 0) is 30.7 Å². The number of fused-ring (bicyclic) bond motifs is 1. The lowest BCUT2D eigenvalue weighted by atomic mass is 10.1. The Kier molecular flexibility index (Phi) is 3.13. The molecule has 0 spiro atoms. The predicted molar refractivity (Wildman–Crippen MR) is 64.3 cm³/mol. The van der Waals surface area contributed by atoms with Gasteiger partial charge in [-0.3, -0.25) is 5.84 Å². The molecule has 2 aromatic rings. The van der Waals surface area contributed by atoms with E-state index in [1.165, 1.54) is 6.07 Å². The predicted octanol–water partition coefficient (Wildman–Crippen LogP) is 3.42. The van der Waals surface area contributed by atoms with E-state index in [2.05, 4.69) is 10.4 Å². The molecule has 17 heavy (non-hydrogen) atoms. The number of aryl methyl sites for hydroxylation is 1. The third-order valence-electron chi connectivity index (χ3n) is 2.49. The first-order chi connectivity index (χ1) is 8.02. The number of hydrazine groups is 1. The maximum Gasteiger partial charge on any atom is 0.280 e. The van der Waals surface area contributed by atoms with Gasteiger partial charge < -0.3 is 5.43 Å². The summed E-state index contributed by atoms with van der Waals surface area (Å²) in [5.41, 5.74) is 3.70. The number of hydrogen-bond acceptors (Lipinski definition) is 3. The van der Waals surface area contributed by atoms with Crippen molar-refractivity contribution in [2.75, 3.05) is 5.43 Å². The van der Waals surface area contributed by atoms with Crippen LogP contribution in [0.1, 0.15) is 17.7 Å². The molecule has 0 unspecified atom stereocenters. The minimum atomic E-state index is -2.65. The van der Waals surface area contributed by atoms with E-state index in [0.29, 0.717) is 21.6 Å². The van der Waals surface area contributed by atoms with Crippen LogP contribution in [0.3, 0.4) is 0 Å². The number of aromatic nitrogens is 1. The molecule has 0 atom stereocenters. The van der Waals surface area contributed by atoms with Crippen molar-refractivity contribution >= 4 is 28.2 Å². The highest BCUT2D eigenvalue weighted by Crippen LogP contribution is 2.30. The van der Waals surface area contributed by atoms with E-state index < -0.39 is 6.43 Å². The lowest BCUT2D eigenvalue weighted by Gasteiger charge is -2.10.